The molecule has 0 aliphatic heterocycles. The van der Waals surface area contributed by atoms with E-state index in [9.17, 15) is 5.11 Å². The highest BCUT2D eigenvalue weighted by Gasteiger charge is 2.65. The molecule has 0 spiro atoms. The topological polar surface area (TPSA) is 20.2 Å². The van der Waals surface area contributed by atoms with Crippen molar-refractivity contribution in [2.75, 3.05) is 0 Å². The molecule has 176 valence electrons. The van der Waals surface area contributed by atoms with Crippen molar-refractivity contribution in [2.24, 2.45) is 44.3 Å². The third-order valence-electron chi connectivity index (χ3n) is 13.0. The van der Waals surface area contributed by atoms with Crippen molar-refractivity contribution < 1.29 is 5.11 Å². The van der Waals surface area contributed by atoms with E-state index in [2.05, 4.69) is 55.4 Å². The van der Waals surface area contributed by atoms with Crippen LogP contribution in [0, 0.1) is 44.3 Å². The summed E-state index contributed by atoms with van der Waals surface area (Å²) in [6.07, 6.45) is 14.5. The zero-order valence-electron chi connectivity index (χ0n) is 22.0. The molecule has 0 heterocycles. The Balaban J connectivity index is 1.59. The van der Waals surface area contributed by atoms with Crippen molar-refractivity contribution in [2.45, 2.75) is 132 Å². The molecule has 3 fully saturated rings. The summed E-state index contributed by atoms with van der Waals surface area (Å²) in [5.74, 6) is 1.50. The van der Waals surface area contributed by atoms with Crippen LogP contribution in [0.15, 0.2) is 11.1 Å². The second-order valence-electron chi connectivity index (χ2n) is 15.2. The number of fused-ring (bicyclic) bond motifs is 6. The largest absolute Gasteiger partial charge is 0.393 e. The van der Waals surface area contributed by atoms with Crippen LogP contribution in [0.3, 0.4) is 0 Å². The van der Waals surface area contributed by atoms with E-state index in [4.69, 9.17) is 0 Å². The van der Waals surface area contributed by atoms with E-state index in [0.29, 0.717) is 33.0 Å². The molecule has 5 aliphatic carbocycles. The first kappa shape index (κ1) is 22.5. The van der Waals surface area contributed by atoms with Crippen LogP contribution in [0.4, 0.5) is 0 Å². The number of allylic oxidation sites excluding steroid dienone is 2. The highest BCUT2D eigenvalue weighted by atomic mass is 16.3. The third-order valence-corrected chi connectivity index (χ3v) is 13.0. The SMILES string of the molecule is CC1(C)CC[C@]2(C)CC[C@]3(C)C4=C(CC[C@@]3(C)C2C1)[C@@]1(C)CCC(O)C(C)(C)C1CC4. The molecule has 0 amide bonds. The van der Waals surface area contributed by atoms with Gasteiger partial charge in [0.05, 0.1) is 6.10 Å². The van der Waals surface area contributed by atoms with Crippen molar-refractivity contribution in [3.8, 4) is 0 Å². The Labute approximate surface area is 192 Å². The van der Waals surface area contributed by atoms with E-state index in [1.54, 1.807) is 0 Å². The quantitative estimate of drug-likeness (QED) is 0.386. The summed E-state index contributed by atoms with van der Waals surface area (Å²) in [5, 5.41) is 10.9. The Morgan fingerprint density at radius 1 is 0.677 bits per heavy atom. The van der Waals surface area contributed by atoms with Crippen molar-refractivity contribution >= 4 is 0 Å². The van der Waals surface area contributed by atoms with E-state index in [-0.39, 0.29) is 11.5 Å². The van der Waals surface area contributed by atoms with Crippen molar-refractivity contribution in [3.05, 3.63) is 11.1 Å². The molecule has 7 atom stereocenters. The van der Waals surface area contributed by atoms with Gasteiger partial charge in [-0.25, -0.2) is 0 Å². The van der Waals surface area contributed by atoms with Crippen LogP contribution < -0.4 is 0 Å². The number of hydrogen-bond acceptors (Lipinski definition) is 1. The average molecular weight is 427 g/mol. The van der Waals surface area contributed by atoms with Gasteiger partial charge in [0.25, 0.3) is 0 Å². The molecule has 5 rings (SSSR count). The maximum atomic E-state index is 10.9. The summed E-state index contributed by atoms with van der Waals surface area (Å²) in [6.45, 7) is 20.5. The molecule has 3 unspecified atom stereocenters. The van der Waals surface area contributed by atoms with Gasteiger partial charge < -0.3 is 5.11 Å². The molecule has 0 radical (unpaired) electrons. The molecule has 0 aromatic rings. The lowest BCUT2D eigenvalue weighted by Crippen LogP contribution is -2.61. The Bertz CT molecular complexity index is 803. The lowest BCUT2D eigenvalue weighted by atomic mass is 9.35. The Kier molecular flexibility index (Phi) is 4.66. The summed E-state index contributed by atoms with van der Waals surface area (Å²) in [5.41, 5.74) is 6.02. The second-order valence-corrected chi connectivity index (χ2v) is 15.2. The van der Waals surface area contributed by atoms with Crippen molar-refractivity contribution in [1.29, 1.82) is 0 Å². The normalized spacial score (nSPS) is 53.1. The minimum Gasteiger partial charge on any atom is -0.393 e. The first-order chi connectivity index (χ1) is 14.2. The van der Waals surface area contributed by atoms with Gasteiger partial charge in [-0.1, -0.05) is 66.5 Å². The maximum absolute atomic E-state index is 10.9. The molecule has 31 heavy (non-hydrogen) atoms. The van der Waals surface area contributed by atoms with Crippen LogP contribution in [0.1, 0.15) is 126 Å². The molecule has 3 saturated carbocycles. The van der Waals surface area contributed by atoms with Gasteiger partial charge in [0, 0.05) is 0 Å². The minimum absolute atomic E-state index is 0.0473. The summed E-state index contributed by atoms with van der Waals surface area (Å²) >= 11 is 0. The average Bonchev–Trinajstić information content (AvgIpc) is 2.68. The Hall–Kier alpha value is -0.300. The minimum atomic E-state index is -0.128. The van der Waals surface area contributed by atoms with Crippen LogP contribution in [-0.4, -0.2) is 11.2 Å². The zero-order valence-corrected chi connectivity index (χ0v) is 22.0. The molecule has 0 aromatic heterocycles. The predicted octanol–water partition coefficient (Wildman–Crippen LogP) is 8.31. The van der Waals surface area contributed by atoms with Crippen molar-refractivity contribution in [1.82, 2.24) is 0 Å². The number of aliphatic hydroxyl groups is 1. The molecule has 0 bridgehead atoms. The van der Waals surface area contributed by atoms with Gasteiger partial charge in [-0.15, -0.1) is 0 Å². The smallest absolute Gasteiger partial charge is 0.0594 e. The van der Waals surface area contributed by atoms with Crippen molar-refractivity contribution in [3.63, 3.8) is 0 Å². The van der Waals surface area contributed by atoms with Gasteiger partial charge >= 0.3 is 0 Å². The lowest BCUT2D eigenvalue weighted by molar-refractivity contribution is -0.154. The first-order valence-electron chi connectivity index (χ1n) is 13.6. The van der Waals surface area contributed by atoms with Crippen LogP contribution >= 0.6 is 0 Å². The number of rotatable bonds is 0. The summed E-state index contributed by atoms with van der Waals surface area (Å²) < 4.78 is 0. The fourth-order valence-corrected chi connectivity index (χ4v) is 10.4. The second kappa shape index (κ2) is 6.43. The third kappa shape index (κ3) is 2.77. The van der Waals surface area contributed by atoms with Gasteiger partial charge in [-0.05, 0) is 115 Å². The predicted molar refractivity (Wildman–Crippen MR) is 131 cm³/mol. The molecular weight excluding hydrogens is 376 g/mol. The summed E-state index contributed by atoms with van der Waals surface area (Å²) in [6, 6.07) is 0. The molecule has 0 saturated heterocycles. The number of hydrogen-bond donors (Lipinski definition) is 1. The van der Waals surface area contributed by atoms with E-state index in [1.807, 2.05) is 11.1 Å². The van der Waals surface area contributed by atoms with Crippen LogP contribution in [0.2, 0.25) is 0 Å². The van der Waals surface area contributed by atoms with Crippen LogP contribution in [0.5, 0.6) is 0 Å². The fourth-order valence-electron chi connectivity index (χ4n) is 10.4. The molecular formula is C30H50O. The van der Waals surface area contributed by atoms with Gasteiger partial charge in [-0.2, -0.15) is 0 Å². The van der Waals surface area contributed by atoms with Gasteiger partial charge in [-0.3, -0.25) is 0 Å². The maximum Gasteiger partial charge on any atom is 0.0594 e. The lowest BCUT2D eigenvalue weighted by Gasteiger charge is -2.69. The van der Waals surface area contributed by atoms with E-state index in [0.717, 1.165) is 12.3 Å². The highest BCUT2D eigenvalue weighted by molar-refractivity contribution is 5.38. The summed E-state index contributed by atoms with van der Waals surface area (Å²) in [7, 11) is 0. The van der Waals surface area contributed by atoms with E-state index in [1.165, 1.54) is 64.2 Å². The molecule has 5 aliphatic rings. The molecule has 1 nitrogen and oxygen atoms in total. The highest BCUT2D eigenvalue weighted by Crippen LogP contribution is 2.75. The monoisotopic (exact) mass is 426 g/mol. The first-order valence-corrected chi connectivity index (χ1v) is 13.6. The molecule has 0 aromatic carbocycles. The van der Waals surface area contributed by atoms with E-state index >= 15 is 0 Å². The van der Waals surface area contributed by atoms with Gasteiger partial charge in [0.2, 0.25) is 0 Å². The molecule has 1 N–H and O–H groups in total. The van der Waals surface area contributed by atoms with Crippen LogP contribution in [-0.2, 0) is 0 Å². The molecule has 1 heteroatoms. The number of aliphatic hydroxyl groups excluding tert-OH is 1. The standard InChI is InChI=1S/C30H50O/c1-25(2)15-16-27(5)17-18-29(7)21-9-10-22-26(3,4)24(31)12-13-28(22,6)20(21)11-14-30(29,8)23(27)19-25/h22-24,31H,9-19H2,1-8H3/t22?,23?,24?,27-,28-,29-,30+/m1/s1. The van der Waals surface area contributed by atoms with E-state index < -0.39 is 0 Å². The summed E-state index contributed by atoms with van der Waals surface area (Å²) in [4.78, 5) is 0. The Morgan fingerprint density at radius 2 is 1.35 bits per heavy atom. The Morgan fingerprint density at radius 3 is 2.06 bits per heavy atom. The zero-order chi connectivity index (χ0) is 22.7. The van der Waals surface area contributed by atoms with Crippen LogP contribution in [0.25, 0.3) is 0 Å². The van der Waals surface area contributed by atoms with Gasteiger partial charge in [0.1, 0.15) is 0 Å². The fraction of sp³-hybridized carbons (Fsp3) is 0.933. The van der Waals surface area contributed by atoms with Gasteiger partial charge in [0.15, 0.2) is 0 Å².